The molecule has 1 aliphatic rings. The Morgan fingerprint density at radius 3 is 2.61 bits per heavy atom. The summed E-state index contributed by atoms with van der Waals surface area (Å²) in [6.45, 7) is 5.48. The van der Waals surface area contributed by atoms with Crippen LogP contribution in [0.5, 0.6) is 0 Å². The van der Waals surface area contributed by atoms with E-state index in [1.54, 1.807) is 25.6 Å². The number of fused-ring (bicyclic) bond motifs is 1. The second-order valence-electron chi connectivity index (χ2n) is 5.65. The van der Waals surface area contributed by atoms with E-state index in [0.29, 0.717) is 11.4 Å². The maximum atomic E-state index is 12.5. The van der Waals surface area contributed by atoms with Crippen LogP contribution < -0.4 is 10.0 Å². The Kier molecular flexibility index (Phi) is 5.15. The maximum absolute atomic E-state index is 12.5. The summed E-state index contributed by atoms with van der Waals surface area (Å²) >= 11 is 0. The number of benzene rings is 1. The molecule has 6 nitrogen and oxygen atoms in total. The molecule has 126 valence electrons. The molecule has 23 heavy (non-hydrogen) atoms. The van der Waals surface area contributed by atoms with Crippen molar-refractivity contribution in [1.82, 2.24) is 19.8 Å². The minimum absolute atomic E-state index is 0. The summed E-state index contributed by atoms with van der Waals surface area (Å²) in [5.41, 5.74) is 4.65. The van der Waals surface area contributed by atoms with Gasteiger partial charge < -0.3 is 5.32 Å². The van der Waals surface area contributed by atoms with E-state index in [-0.39, 0.29) is 23.8 Å². The molecule has 0 saturated carbocycles. The van der Waals surface area contributed by atoms with Crippen LogP contribution in [-0.2, 0) is 36.7 Å². The predicted octanol–water partition coefficient (Wildman–Crippen LogP) is 1.54. The van der Waals surface area contributed by atoms with Gasteiger partial charge >= 0.3 is 0 Å². The van der Waals surface area contributed by atoms with Crippen LogP contribution in [0.2, 0.25) is 0 Å². The Hall–Kier alpha value is -1.41. The van der Waals surface area contributed by atoms with Gasteiger partial charge in [0, 0.05) is 26.7 Å². The number of hydrogen-bond acceptors (Lipinski definition) is 4. The van der Waals surface area contributed by atoms with Crippen molar-refractivity contribution < 1.29 is 8.42 Å². The Bertz CT molecular complexity index is 830. The van der Waals surface area contributed by atoms with Crippen LogP contribution in [0.4, 0.5) is 0 Å². The molecule has 0 unspecified atom stereocenters. The summed E-state index contributed by atoms with van der Waals surface area (Å²) in [7, 11) is -1.82. The van der Waals surface area contributed by atoms with E-state index in [1.165, 1.54) is 11.1 Å². The van der Waals surface area contributed by atoms with E-state index in [0.717, 1.165) is 18.7 Å². The summed E-state index contributed by atoms with van der Waals surface area (Å²) in [5.74, 6) is 0. The van der Waals surface area contributed by atoms with E-state index in [4.69, 9.17) is 0 Å². The zero-order chi connectivity index (χ0) is 15.9. The van der Waals surface area contributed by atoms with E-state index in [2.05, 4.69) is 27.3 Å². The highest BCUT2D eigenvalue weighted by molar-refractivity contribution is 7.89. The minimum atomic E-state index is -3.56. The lowest BCUT2D eigenvalue weighted by Gasteiger charge is -2.08. The van der Waals surface area contributed by atoms with E-state index >= 15 is 0 Å². The fourth-order valence-electron chi connectivity index (χ4n) is 2.85. The highest BCUT2D eigenvalue weighted by Crippen LogP contribution is 2.20. The molecule has 0 bridgehead atoms. The highest BCUT2D eigenvalue weighted by Gasteiger charge is 2.23. The summed E-state index contributed by atoms with van der Waals surface area (Å²) < 4.78 is 29.3. The van der Waals surface area contributed by atoms with Gasteiger partial charge in [-0.2, -0.15) is 5.10 Å². The molecule has 1 aromatic carbocycles. The quantitative estimate of drug-likeness (QED) is 0.871. The number of aromatic nitrogens is 2. The zero-order valence-corrected chi connectivity index (χ0v) is 15.0. The van der Waals surface area contributed by atoms with Gasteiger partial charge in [-0.25, -0.2) is 13.1 Å². The van der Waals surface area contributed by atoms with Crippen LogP contribution in [0.1, 0.15) is 28.1 Å². The van der Waals surface area contributed by atoms with Crippen molar-refractivity contribution in [3.63, 3.8) is 0 Å². The van der Waals surface area contributed by atoms with Gasteiger partial charge in [0.25, 0.3) is 0 Å². The number of rotatable bonds is 4. The van der Waals surface area contributed by atoms with E-state index < -0.39 is 10.0 Å². The molecule has 1 aliphatic heterocycles. The van der Waals surface area contributed by atoms with Gasteiger partial charge in [-0.1, -0.05) is 18.2 Å². The number of hydrogen-bond donors (Lipinski definition) is 2. The fraction of sp³-hybridized carbons (Fsp3) is 0.400. The van der Waals surface area contributed by atoms with Crippen LogP contribution >= 0.6 is 12.4 Å². The monoisotopic (exact) mass is 356 g/mol. The molecule has 2 N–H and O–H groups in total. The second-order valence-corrected chi connectivity index (χ2v) is 7.36. The van der Waals surface area contributed by atoms with Crippen LogP contribution in [0.3, 0.4) is 0 Å². The van der Waals surface area contributed by atoms with E-state index in [1.807, 2.05) is 6.07 Å². The molecule has 0 amide bonds. The molecule has 0 fully saturated rings. The molecular weight excluding hydrogens is 336 g/mol. The summed E-state index contributed by atoms with van der Waals surface area (Å²) in [6, 6.07) is 6.08. The van der Waals surface area contributed by atoms with Crippen LogP contribution in [0, 0.1) is 13.8 Å². The van der Waals surface area contributed by atoms with Crippen molar-refractivity contribution in [2.75, 3.05) is 0 Å². The Labute approximate surface area is 142 Å². The van der Waals surface area contributed by atoms with Gasteiger partial charge in [-0.05, 0) is 30.5 Å². The highest BCUT2D eigenvalue weighted by atomic mass is 35.5. The van der Waals surface area contributed by atoms with Crippen LogP contribution in [0.25, 0.3) is 0 Å². The molecule has 2 aromatic rings. The van der Waals surface area contributed by atoms with Crippen molar-refractivity contribution in [3.8, 4) is 0 Å². The van der Waals surface area contributed by atoms with Gasteiger partial charge in [0.1, 0.15) is 4.90 Å². The standard InChI is InChI=1S/C15H20N4O2S.ClH/c1-10-15(11(2)19(3)18-10)22(20,21)17-7-12-4-5-13-8-16-9-14(13)6-12;/h4-6,16-17H,7-9H2,1-3H3;1H. The SMILES string of the molecule is Cc1nn(C)c(C)c1S(=O)(=O)NCc1ccc2c(c1)CNC2.Cl. The first kappa shape index (κ1) is 17.9. The number of nitrogens with one attached hydrogen (secondary N) is 2. The fourth-order valence-corrected chi connectivity index (χ4v) is 4.30. The van der Waals surface area contributed by atoms with E-state index in [9.17, 15) is 8.42 Å². The normalized spacial score (nSPS) is 13.7. The number of halogens is 1. The lowest BCUT2D eigenvalue weighted by atomic mass is 10.1. The summed E-state index contributed by atoms with van der Waals surface area (Å²) in [6.07, 6.45) is 0. The average Bonchev–Trinajstić information content (AvgIpc) is 3.01. The zero-order valence-electron chi connectivity index (χ0n) is 13.4. The molecule has 0 radical (unpaired) electrons. The molecule has 0 atom stereocenters. The molecule has 0 aliphatic carbocycles. The van der Waals surface area contributed by atoms with Gasteiger partial charge in [0.2, 0.25) is 10.0 Å². The number of aryl methyl sites for hydroxylation is 2. The molecule has 2 heterocycles. The third-order valence-electron chi connectivity index (χ3n) is 4.08. The average molecular weight is 357 g/mol. The summed E-state index contributed by atoms with van der Waals surface area (Å²) in [5, 5.41) is 7.45. The topological polar surface area (TPSA) is 76.0 Å². The van der Waals surface area contributed by atoms with Crippen molar-refractivity contribution in [3.05, 3.63) is 46.3 Å². The first-order valence-corrected chi connectivity index (χ1v) is 8.68. The largest absolute Gasteiger partial charge is 0.309 e. The molecule has 1 aromatic heterocycles. The third kappa shape index (κ3) is 3.42. The molecular formula is C15H21ClN4O2S. The molecule has 0 spiro atoms. The van der Waals surface area contributed by atoms with Crippen LogP contribution in [0.15, 0.2) is 23.1 Å². The van der Waals surface area contributed by atoms with Crippen molar-refractivity contribution in [2.24, 2.45) is 7.05 Å². The first-order valence-electron chi connectivity index (χ1n) is 7.20. The number of sulfonamides is 1. The van der Waals surface area contributed by atoms with Gasteiger partial charge in [0.05, 0.1) is 11.4 Å². The van der Waals surface area contributed by atoms with Crippen molar-refractivity contribution in [1.29, 1.82) is 0 Å². The van der Waals surface area contributed by atoms with Gasteiger partial charge in [-0.3, -0.25) is 4.68 Å². The predicted molar refractivity (Wildman–Crippen MR) is 90.9 cm³/mol. The second kappa shape index (κ2) is 6.60. The Balaban J connectivity index is 0.00000192. The maximum Gasteiger partial charge on any atom is 0.244 e. The molecule has 3 rings (SSSR count). The third-order valence-corrected chi connectivity index (χ3v) is 5.73. The molecule has 0 saturated heterocycles. The lowest BCUT2D eigenvalue weighted by Crippen LogP contribution is -2.24. The van der Waals surface area contributed by atoms with Crippen molar-refractivity contribution in [2.45, 2.75) is 38.4 Å². The Morgan fingerprint density at radius 2 is 1.96 bits per heavy atom. The first-order chi connectivity index (χ1) is 10.4. The van der Waals surface area contributed by atoms with Gasteiger partial charge in [0.15, 0.2) is 0 Å². The van der Waals surface area contributed by atoms with Crippen LogP contribution in [-0.4, -0.2) is 18.2 Å². The minimum Gasteiger partial charge on any atom is -0.309 e. The summed E-state index contributed by atoms with van der Waals surface area (Å²) in [4.78, 5) is 0.276. The Morgan fingerprint density at radius 1 is 1.26 bits per heavy atom. The number of nitrogens with zero attached hydrogens (tertiary/aromatic N) is 2. The smallest absolute Gasteiger partial charge is 0.244 e. The van der Waals surface area contributed by atoms with Crippen molar-refractivity contribution >= 4 is 22.4 Å². The molecule has 8 heteroatoms. The van der Waals surface area contributed by atoms with Gasteiger partial charge in [-0.15, -0.1) is 12.4 Å². The lowest BCUT2D eigenvalue weighted by molar-refractivity contribution is 0.579.